The SMILES string of the molecule is N#Cc1ccc(CNCCCOCCO)c(F)c1. The molecule has 5 heteroatoms. The monoisotopic (exact) mass is 252 g/mol. The van der Waals surface area contributed by atoms with Crippen LogP contribution in [0.3, 0.4) is 0 Å². The lowest BCUT2D eigenvalue weighted by atomic mass is 10.1. The van der Waals surface area contributed by atoms with E-state index < -0.39 is 0 Å². The third-order valence-electron chi connectivity index (χ3n) is 2.38. The van der Waals surface area contributed by atoms with Gasteiger partial charge >= 0.3 is 0 Å². The predicted octanol–water partition coefficient (Wildman–Crippen LogP) is 1.19. The smallest absolute Gasteiger partial charge is 0.129 e. The van der Waals surface area contributed by atoms with Crippen molar-refractivity contribution < 1.29 is 14.2 Å². The fourth-order valence-electron chi connectivity index (χ4n) is 1.45. The molecule has 0 spiro atoms. The van der Waals surface area contributed by atoms with E-state index in [1.165, 1.54) is 6.07 Å². The molecule has 4 nitrogen and oxygen atoms in total. The maximum Gasteiger partial charge on any atom is 0.129 e. The zero-order valence-electron chi connectivity index (χ0n) is 10.2. The Bertz CT molecular complexity index is 404. The summed E-state index contributed by atoms with van der Waals surface area (Å²) in [6, 6.07) is 6.35. The van der Waals surface area contributed by atoms with Gasteiger partial charge in [0.15, 0.2) is 0 Å². The molecule has 0 saturated carbocycles. The van der Waals surface area contributed by atoms with E-state index in [1.54, 1.807) is 12.1 Å². The summed E-state index contributed by atoms with van der Waals surface area (Å²) in [4.78, 5) is 0. The van der Waals surface area contributed by atoms with Gasteiger partial charge in [-0.05, 0) is 25.1 Å². The number of nitrogens with zero attached hydrogens (tertiary/aromatic N) is 1. The zero-order chi connectivity index (χ0) is 13.2. The van der Waals surface area contributed by atoms with Crippen LogP contribution in [-0.2, 0) is 11.3 Å². The van der Waals surface area contributed by atoms with Gasteiger partial charge in [-0.15, -0.1) is 0 Å². The molecule has 0 aliphatic rings. The molecule has 1 rings (SSSR count). The van der Waals surface area contributed by atoms with E-state index in [2.05, 4.69) is 5.32 Å². The number of rotatable bonds is 8. The van der Waals surface area contributed by atoms with Crippen molar-refractivity contribution in [3.63, 3.8) is 0 Å². The van der Waals surface area contributed by atoms with E-state index in [0.29, 0.717) is 37.4 Å². The summed E-state index contributed by atoms with van der Waals surface area (Å²) in [6.07, 6.45) is 0.803. The Morgan fingerprint density at radius 2 is 2.22 bits per heavy atom. The molecule has 0 fully saturated rings. The highest BCUT2D eigenvalue weighted by Crippen LogP contribution is 2.09. The number of benzene rings is 1. The number of hydrogen-bond acceptors (Lipinski definition) is 4. The predicted molar refractivity (Wildman–Crippen MR) is 65.3 cm³/mol. The van der Waals surface area contributed by atoms with Crippen LogP contribution in [0.2, 0.25) is 0 Å². The van der Waals surface area contributed by atoms with Crippen molar-refractivity contribution in [1.29, 1.82) is 5.26 Å². The van der Waals surface area contributed by atoms with E-state index in [4.69, 9.17) is 15.1 Å². The third kappa shape index (κ3) is 5.23. The summed E-state index contributed by atoms with van der Waals surface area (Å²) in [6.45, 7) is 2.10. The molecule has 0 heterocycles. The number of hydrogen-bond donors (Lipinski definition) is 2. The zero-order valence-corrected chi connectivity index (χ0v) is 10.2. The highest BCUT2D eigenvalue weighted by molar-refractivity contribution is 5.32. The third-order valence-corrected chi connectivity index (χ3v) is 2.38. The first-order valence-electron chi connectivity index (χ1n) is 5.85. The fourth-order valence-corrected chi connectivity index (χ4v) is 1.45. The first-order chi connectivity index (χ1) is 8.77. The summed E-state index contributed by atoms with van der Waals surface area (Å²) in [5.41, 5.74) is 0.874. The number of halogens is 1. The lowest BCUT2D eigenvalue weighted by Crippen LogP contribution is -2.17. The van der Waals surface area contributed by atoms with Gasteiger partial charge in [0.2, 0.25) is 0 Å². The van der Waals surface area contributed by atoms with Crippen molar-refractivity contribution in [1.82, 2.24) is 5.32 Å². The average molecular weight is 252 g/mol. The first kappa shape index (κ1) is 14.6. The standard InChI is InChI=1S/C13H17FN2O2/c14-13-8-11(9-15)2-3-12(13)10-16-4-1-6-18-7-5-17/h2-3,8,16-17H,1,4-7,10H2. The van der Waals surface area contributed by atoms with Crippen molar-refractivity contribution in [2.45, 2.75) is 13.0 Å². The molecule has 0 saturated heterocycles. The summed E-state index contributed by atoms with van der Waals surface area (Å²) in [7, 11) is 0. The molecular formula is C13H17FN2O2. The van der Waals surface area contributed by atoms with Gasteiger partial charge in [0.05, 0.1) is 24.8 Å². The molecule has 18 heavy (non-hydrogen) atoms. The van der Waals surface area contributed by atoms with Gasteiger partial charge < -0.3 is 15.2 Å². The minimum Gasteiger partial charge on any atom is -0.394 e. The Hall–Kier alpha value is -1.48. The molecule has 0 amide bonds. The first-order valence-corrected chi connectivity index (χ1v) is 5.85. The lowest BCUT2D eigenvalue weighted by molar-refractivity contribution is 0.0907. The van der Waals surface area contributed by atoms with Crippen molar-refractivity contribution in [2.75, 3.05) is 26.4 Å². The number of nitrogens with one attached hydrogen (secondary N) is 1. The molecule has 1 aromatic carbocycles. The number of ether oxygens (including phenoxy) is 1. The number of nitriles is 1. The van der Waals surface area contributed by atoms with Crippen LogP contribution < -0.4 is 5.32 Å². The molecule has 2 N–H and O–H groups in total. The Kier molecular flexibility index (Phi) is 6.96. The second-order valence-electron chi connectivity index (χ2n) is 3.78. The second kappa shape index (κ2) is 8.59. The van der Waals surface area contributed by atoms with E-state index >= 15 is 0 Å². The van der Waals surface area contributed by atoms with Crippen LogP contribution in [-0.4, -0.2) is 31.5 Å². The van der Waals surface area contributed by atoms with Gasteiger partial charge in [0.1, 0.15) is 5.82 Å². The summed E-state index contributed by atoms with van der Waals surface area (Å²) in [5, 5.41) is 20.2. The number of aliphatic hydroxyl groups excluding tert-OH is 1. The van der Waals surface area contributed by atoms with Crippen LogP contribution in [0.25, 0.3) is 0 Å². The normalized spacial score (nSPS) is 10.3. The van der Waals surface area contributed by atoms with Crippen molar-refractivity contribution in [3.8, 4) is 6.07 Å². The van der Waals surface area contributed by atoms with Crippen LogP contribution in [0.15, 0.2) is 18.2 Å². The molecule has 98 valence electrons. The van der Waals surface area contributed by atoms with Gasteiger partial charge in [0, 0.05) is 18.7 Å². The van der Waals surface area contributed by atoms with E-state index in [1.807, 2.05) is 6.07 Å². The summed E-state index contributed by atoms with van der Waals surface area (Å²) in [5.74, 6) is -0.363. The van der Waals surface area contributed by atoms with E-state index in [-0.39, 0.29) is 12.4 Å². The Balaban J connectivity index is 2.21. The maximum absolute atomic E-state index is 13.5. The van der Waals surface area contributed by atoms with Crippen LogP contribution in [0.5, 0.6) is 0 Å². The van der Waals surface area contributed by atoms with Crippen LogP contribution >= 0.6 is 0 Å². The molecule has 0 bridgehead atoms. The largest absolute Gasteiger partial charge is 0.394 e. The van der Waals surface area contributed by atoms with Gasteiger partial charge in [-0.2, -0.15) is 5.26 Å². The summed E-state index contributed by atoms with van der Waals surface area (Å²) >= 11 is 0. The maximum atomic E-state index is 13.5. The van der Waals surface area contributed by atoms with Crippen LogP contribution in [0, 0.1) is 17.1 Å². The molecule has 0 radical (unpaired) electrons. The minimum absolute atomic E-state index is 0.0316. The van der Waals surface area contributed by atoms with Crippen LogP contribution in [0.1, 0.15) is 17.5 Å². The molecule has 0 aliphatic heterocycles. The molecule has 0 unspecified atom stereocenters. The van der Waals surface area contributed by atoms with Gasteiger partial charge in [0.25, 0.3) is 0 Å². The van der Waals surface area contributed by atoms with Crippen LogP contribution in [0.4, 0.5) is 4.39 Å². The Morgan fingerprint density at radius 1 is 1.39 bits per heavy atom. The van der Waals surface area contributed by atoms with Crippen molar-refractivity contribution in [3.05, 3.63) is 35.1 Å². The fraction of sp³-hybridized carbons (Fsp3) is 0.462. The minimum atomic E-state index is -0.363. The quantitative estimate of drug-likeness (QED) is 0.682. The molecule has 0 atom stereocenters. The molecule has 0 aliphatic carbocycles. The second-order valence-corrected chi connectivity index (χ2v) is 3.78. The number of aliphatic hydroxyl groups is 1. The van der Waals surface area contributed by atoms with Crippen molar-refractivity contribution >= 4 is 0 Å². The van der Waals surface area contributed by atoms with Gasteiger partial charge in [-0.1, -0.05) is 6.07 Å². The Morgan fingerprint density at radius 3 is 2.89 bits per heavy atom. The average Bonchev–Trinajstić information content (AvgIpc) is 2.39. The van der Waals surface area contributed by atoms with Gasteiger partial charge in [-0.3, -0.25) is 0 Å². The molecule has 1 aromatic rings. The highest BCUT2D eigenvalue weighted by atomic mass is 19.1. The Labute approximate surface area is 106 Å². The highest BCUT2D eigenvalue weighted by Gasteiger charge is 2.02. The molecular weight excluding hydrogens is 235 g/mol. The van der Waals surface area contributed by atoms with E-state index in [0.717, 1.165) is 6.42 Å². The topological polar surface area (TPSA) is 65.3 Å². The lowest BCUT2D eigenvalue weighted by Gasteiger charge is -2.06. The van der Waals surface area contributed by atoms with Crippen molar-refractivity contribution in [2.24, 2.45) is 0 Å². The van der Waals surface area contributed by atoms with E-state index in [9.17, 15) is 4.39 Å². The van der Waals surface area contributed by atoms with Gasteiger partial charge in [-0.25, -0.2) is 4.39 Å². The summed E-state index contributed by atoms with van der Waals surface area (Å²) < 4.78 is 18.6. The molecule has 0 aromatic heterocycles.